The molecule has 7 aromatic rings. The first-order valence-corrected chi connectivity index (χ1v) is 18.9. The third kappa shape index (κ3) is 4.47. The Hall–Kier alpha value is -5.06. The summed E-state index contributed by atoms with van der Waals surface area (Å²) >= 11 is 2.09. The van der Waals surface area contributed by atoms with Crippen LogP contribution in [0.15, 0.2) is 133 Å². The minimum absolute atomic E-state index is 0.0365. The average molecular weight is 663 g/mol. The molecule has 0 unspecified atom stereocenters. The van der Waals surface area contributed by atoms with Crippen LogP contribution in [0.25, 0.3) is 21.9 Å². The maximum atomic E-state index is 2.64. The zero-order valence-electron chi connectivity index (χ0n) is 28.9. The molecular weight excluding hydrogens is 623 g/mol. The Balaban J connectivity index is 1.32. The van der Waals surface area contributed by atoms with Gasteiger partial charge in [0, 0.05) is 38.1 Å². The molecule has 50 heavy (non-hydrogen) atoms. The highest BCUT2D eigenvalue weighted by atomic mass is 32.1. The van der Waals surface area contributed by atoms with Gasteiger partial charge in [-0.25, -0.2) is 0 Å². The normalized spacial score (nSPS) is 14.7. The lowest BCUT2D eigenvalue weighted by atomic mass is 9.36. The Morgan fingerprint density at radius 1 is 0.620 bits per heavy atom. The molecule has 0 N–H and O–H groups in total. The van der Waals surface area contributed by atoms with Crippen molar-refractivity contribution in [3.8, 4) is 11.1 Å². The first-order valence-electron chi connectivity index (χ1n) is 18.1. The van der Waals surface area contributed by atoms with Crippen LogP contribution in [-0.2, 0) is 18.3 Å². The number of para-hydroxylation sites is 2. The van der Waals surface area contributed by atoms with Gasteiger partial charge in [0.25, 0.3) is 6.71 Å². The maximum Gasteiger partial charge on any atom is 0.264 e. The summed E-state index contributed by atoms with van der Waals surface area (Å²) in [6.45, 7) is 7.23. The fourth-order valence-electron chi connectivity index (χ4n) is 8.74. The number of benzene rings is 6. The van der Waals surface area contributed by atoms with Gasteiger partial charge in [0.2, 0.25) is 0 Å². The molecule has 3 heterocycles. The van der Waals surface area contributed by atoms with E-state index in [0.717, 1.165) is 6.42 Å². The van der Waals surface area contributed by atoms with Crippen molar-refractivity contribution in [3.63, 3.8) is 0 Å². The van der Waals surface area contributed by atoms with E-state index in [1.54, 1.807) is 10.4 Å². The molecule has 242 valence electrons. The van der Waals surface area contributed by atoms with Crippen LogP contribution in [0.3, 0.4) is 0 Å². The molecule has 10 rings (SSSR count). The van der Waals surface area contributed by atoms with E-state index in [2.05, 4.69) is 175 Å². The van der Waals surface area contributed by atoms with E-state index in [-0.39, 0.29) is 12.1 Å². The monoisotopic (exact) mass is 662 g/mol. The molecule has 0 atom stereocenters. The molecule has 0 amide bonds. The summed E-state index contributed by atoms with van der Waals surface area (Å²) in [6, 6.07) is 50.0. The van der Waals surface area contributed by atoms with E-state index >= 15 is 0 Å². The van der Waals surface area contributed by atoms with Crippen molar-refractivity contribution in [2.75, 3.05) is 9.80 Å². The molecule has 0 bridgehead atoms. The molecule has 4 heteroatoms. The van der Waals surface area contributed by atoms with Gasteiger partial charge in [0.05, 0.1) is 5.69 Å². The van der Waals surface area contributed by atoms with Gasteiger partial charge < -0.3 is 9.80 Å². The van der Waals surface area contributed by atoms with Gasteiger partial charge in [0.1, 0.15) is 0 Å². The van der Waals surface area contributed by atoms with Gasteiger partial charge in [-0.05, 0) is 118 Å². The van der Waals surface area contributed by atoms with Gasteiger partial charge in [-0.1, -0.05) is 112 Å². The zero-order valence-corrected chi connectivity index (χ0v) is 29.7. The van der Waals surface area contributed by atoms with Gasteiger partial charge in [-0.3, -0.25) is 0 Å². The third-order valence-electron chi connectivity index (χ3n) is 11.1. The van der Waals surface area contributed by atoms with Gasteiger partial charge in [-0.15, -0.1) is 0 Å². The van der Waals surface area contributed by atoms with Crippen molar-refractivity contribution >= 4 is 78.6 Å². The molecular formula is C46H39BN2S. The van der Waals surface area contributed by atoms with E-state index in [4.69, 9.17) is 0 Å². The molecule has 0 spiro atoms. The van der Waals surface area contributed by atoms with E-state index in [0.29, 0.717) is 0 Å². The van der Waals surface area contributed by atoms with Crippen LogP contribution < -0.4 is 25.5 Å². The standard InChI is InChI=1S/C46H39BN2S/c1-46(2,3)32-28-40-43-41(29-32)49(34-19-8-5-9-20-34)44-37-22-12-13-24-42(37)50-45(44)47(43)38-26-25-31(27-39(38)48(40)33-17-6-4-7-18-33)36-23-14-16-30-15-10-11-21-35(30)36/h4-11,14-21,23,25-29H,12-13,22,24H2,1-3H3. The van der Waals surface area contributed by atoms with E-state index in [1.165, 1.54) is 96.6 Å². The van der Waals surface area contributed by atoms with Crippen LogP contribution in [0, 0.1) is 0 Å². The minimum Gasteiger partial charge on any atom is -0.311 e. The van der Waals surface area contributed by atoms with E-state index < -0.39 is 0 Å². The second-order valence-corrected chi connectivity index (χ2v) is 16.3. The number of nitrogens with zero attached hydrogens (tertiary/aromatic N) is 2. The van der Waals surface area contributed by atoms with Crippen LogP contribution in [-0.4, -0.2) is 6.71 Å². The maximum absolute atomic E-state index is 2.64. The quantitative estimate of drug-likeness (QED) is 0.174. The molecule has 2 aliphatic heterocycles. The fourth-order valence-corrected chi connectivity index (χ4v) is 10.2. The second kappa shape index (κ2) is 11.2. The van der Waals surface area contributed by atoms with E-state index in [1.807, 2.05) is 0 Å². The Kier molecular flexibility index (Phi) is 6.70. The Labute approximate surface area is 299 Å². The molecule has 1 aromatic heterocycles. The van der Waals surface area contributed by atoms with Crippen molar-refractivity contribution < 1.29 is 0 Å². The first-order chi connectivity index (χ1) is 24.5. The smallest absolute Gasteiger partial charge is 0.264 e. The topological polar surface area (TPSA) is 6.48 Å². The Bertz CT molecular complexity index is 2430. The second-order valence-electron chi connectivity index (χ2n) is 15.2. The number of thiophene rings is 1. The summed E-state index contributed by atoms with van der Waals surface area (Å²) in [4.78, 5) is 6.79. The van der Waals surface area contributed by atoms with Crippen LogP contribution >= 0.6 is 11.3 Å². The molecule has 0 fully saturated rings. The molecule has 0 radical (unpaired) electrons. The largest absolute Gasteiger partial charge is 0.311 e. The zero-order chi connectivity index (χ0) is 33.6. The van der Waals surface area contributed by atoms with Crippen LogP contribution in [0.1, 0.15) is 49.6 Å². The SMILES string of the molecule is CC(C)(C)c1cc2c3c(c1)N(c1ccccc1)c1c(sc4c1CCCC4)B3c1ccc(-c3cccc4ccccc34)cc1N2c1ccccc1. The minimum atomic E-state index is -0.0365. The first kappa shape index (κ1) is 29.8. The lowest BCUT2D eigenvalue weighted by Gasteiger charge is -2.44. The summed E-state index contributed by atoms with van der Waals surface area (Å²) in [7, 11) is 0. The fraction of sp³-hybridized carbons (Fsp3) is 0.174. The Morgan fingerprint density at radius 3 is 2.04 bits per heavy atom. The summed E-state index contributed by atoms with van der Waals surface area (Å²) in [5, 5.41) is 2.56. The molecule has 2 nitrogen and oxygen atoms in total. The highest BCUT2D eigenvalue weighted by Gasteiger charge is 2.46. The molecule has 3 aliphatic rings. The predicted molar refractivity (Wildman–Crippen MR) is 217 cm³/mol. The van der Waals surface area contributed by atoms with Crippen molar-refractivity contribution in [1.82, 2.24) is 0 Å². The van der Waals surface area contributed by atoms with Crippen molar-refractivity contribution in [2.45, 2.75) is 51.9 Å². The number of hydrogen-bond donors (Lipinski definition) is 0. The van der Waals surface area contributed by atoms with Crippen molar-refractivity contribution in [3.05, 3.63) is 149 Å². The van der Waals surface area contributed by atoms with Crippen LogP contribution in [0.4, 0.5) is 34.1 Å². The number of hydrogen-bond acceptors (Lipinski definition) is 3. The Morgan fingerprint density at radius 2 is 1.28 bits per heavy atom. The van der Waals surface area contributed by atoms with E-state index in [9.17, 15) is 0 Å². The summed E-state index contributed by atoms with van der Waals surface area (Å²) in [5.41, 5.74) is 16.0. The lowest BCUT2D eigenvalue weighted by molar-refractivity contribution is 0.590. The molecule has 1 aliphatic carbocycles. The van der Waals surface area contributed by atoms with Crippen molar-refractivity contribution in [1.29, 1.82) is 0 Å². The van der Waals surface area contributed by atoms with Crippen LogP contribution in [0.5, 0.6) is 0 Å². The van der Waals surface area contributed by atoms with Crippen molar-refractivity contribution in [2.24, 2.45) is 0 Å². The molecule has 0 saturated carbocycles. The summed E-state index contributed by atoms with van der Waals surface area (Å²) in [5.74, 6) is 0. The van der Waals surface area contributed by atoms with Gasteiger partial charge in [0.15, 0.2) is 0 Å². The number of rotatable bonds is 3. The number of anilines is 6. The molecule has 6 aromatic carbocycles. The number of fused-ring (bicyclic) bond motifs is 7. The predicted octanol–water partition coefficient (Wildman–Crippen LogP) is 10.8. The number of aryl methyl sites for hydroxylation is 1. The lowest BCUT2D eigenvalue weighted by Crippen LogP contribution is -2.60. The van der Waals surface area contributed by atoms with Gasteiger partial charge in [-0.2, -0.15) is 11.3 Å². The molecule has 0 saturated heterocycles. The summed E-state index contributed by atoms with van der Waals surface area (Å²) in [6.07, 6.45) is 4.88. The van der Waals surface area contributed by atoms with Crippen LogP contribution in [0.2, 0.25) is 0 Å². The average Bonchev–Trinajstić information content (AvgIpc) is 3.53. The third-order valence-corrected chi connectivity index (χ3v) is 12.5. The van der Waals surface area contributed by atoms with Gasteiger partial charge >= 0.3 is 0 Å². The highest BCUT2D eigenvalue weighted by molar-refractivity contribution is 7.29. The highest BCUT2D eigenvalue weighted by Crippen LogP contribution is 2.50. The summed E-state index contributed by atoms with van der Waals surface area (Å²) < 4.78 is 1.50.